The maximum absolute atomic E-state index is 13.1. The van der Waals surface area contributed by atoms with Crippen LogP contribution in [0.4, 0.5) is 8.78 Å². The van der Waals surface area contributed by atoms with Gasteiger partial charge in [0.15, 0.2) is 17.4 Å². The van der Waals surface area contributed by atoms with Crippen LogP contribution in [0.2, 0.25) is 5.02 Å². The summed E-state index contributed by atoms with van der Waals surface area (Å²) in [6.45, 7) is 0. The molecule has 0 N–H and O–H groups in total. The molecule has 0 aliphatic carbocycles. The summed E-state index contributed by atoms with van der Waals surface area (Å²) in [5, 5.41) is -0.0528. The summed E-state index contributed by atoms with van der Waals surface area (Å²) in [5.74, 6) is -2.64. The van der Waals surface area contributed by atoms with Gasteiger partial charge in [-0.3, -0.25) is 4.79 Å². The summed E-state index contributed by atoms with van der Waals surface area (Å²) < 4.78 is 25.9. The largest absolute Gasteiger partial charge is 0.293 e. The van der Waals surface area contributed by atoms with Crippen LogP contribution in [0.1, 0.15) is 10.4 Å². The number of Topliss-reactive ketones (excluding diaryl/α,β-unsaturated/α-hetero) is 1. The van der Waals surface area contributed by atoms with E-state index in [1.54, 1.807) is 6.26 Å². The summed E-state index contributed by atoms with van der Waals surface area (Å²) >= 11 is 6.83. The van der Waals surface area contributed by atoms with Gasteiger partial charge in [0.25, 0.3) is 0 Å². The van der Waals surface area contributed by atoms with E-state index in [0.717, 1.165) is 6.07 Å². The third-order valence-electron chi connectivity index (χ3n) is 1.60. The molecule has 0 saturated heterocycles. The Morgan fingerprint density at radius 2 is 2.14 bits per heavy atom. The van der Waals surface area contributed by atoms with Gasteiger partial charge in [-0.2, -0.15) is 11.8 Å². The first kappa shape index (κ1) is 11.5. The van der Waals surface area contributed by atoms with Crippen molar-refractivity contribution in [2.24, 2.45) is 0 Å². The highest BCUT2D eigenvalue weighted by Gasteiger charge is 2.18. The van der Waals surface area contributed by atoms with Crippen LogP contribution in [0.5, 0.6) is 0 Å². The van der Waals surface area contributed by atoms with Crippen LogP contribution in [0.15, 0.2) is 12.1 Å². The van der Waals surface area contributed by atoms with Crippen LogP contribution in [0.3, 0.4) is 0 Å². The van der Waals surface area contributed by atoms with Gasteiger partial charge in [-0.15, -0.1) is 0 Å². The molecule has 0 heterocycles. The Labute approximate surface area is 89.4 Å². The predicted molar refractivity (Wildman–Crippen MR) is 54.1 cm³/mol. The van der Waals surface area contributed by atoms with Crippen LogP contribution in [0, 0.1) is 11.6 Å². The molecule has 0 radical (unpaired) electrons. The van der Waals surface area contributed by atoms with E-state index in [2.05, 4.69) is 0 Å². The number of hydrogen-bond acceptors (Lipinski definition) is 2. The zero-order chi connectivity index (χ0) is 10.7. The van der Waals surface area contributed by atoms with Crippen molar-refractivity contribution < 1.29 is 13.6 Å². The Bertz CT molecular complexity index is 368. The van der Waals surface area contributed by atoms with Crippen LogP contribution < -0.4 is 0 Å². The third kappa shape index (κ3) is 2.25. The number of ketones is 1. The van der Waals surface area contributed by atoms with Crippen molar-refractivity contribution in [3.63, 3.8) is 0 Å². The number of rotatable bonds is 3. The van der Waals surface area contributed by atoms with Gasteiger partial charge in [-0.25, -0.2) is 8.78 Å². The van der Waals surface area contributed by atoms with E-state index in [1.807, 2.05) is 0 Å². The third-order valence-corrected chi connectivity index (χ3v) is 2.46. The molecule has 0 saturated carbocycles. The van der Waals surface area contributed by atoms with E-state index in [9.17, 15) is 13.6 Å². The summed E-state index contributed by atoms with van der Waals surface area (Å²) in [5.41, 5.74) is -0.360. The lowest BCUT2D eigenvalue weighted by atomic mass is 10.1. The Morgan fingerprint density at radius 3 is 2.71 bits per heavy atom. The molecule has 1 rings (SSSR count). The van der Waals surface area contributed by atoms with E-state index in [1.165, 1.54) is 17.8 Å². The van der Waals surface area contributed by atoms with Gasteiger partial charge in [0, 0.05) is 0 Å². The fourth-order valence-electron chi connectivity index (χ4n) is 0.986. The standard InChI is InChI=1S/C9H7ClF2OS/c1-14-4-7(13)8-5(10)2-3-6(11)9(8)12/h2-3H,4H2,1H3. The molecule has 0 amide bonds. The van der Waals surface area contributed by atoms with Gasteiger partial charge in [-0.05, 0) is 18.4 Å². The summed E-state index contributed by atoms with van der Waals surface area (Å²) in [6.07, 6.45) is 1.70. The lowest BCUT2D eigenvalue weighted by Gasteiger charge is -2.04. The lowest BCUT2D eigenvalue weighted by molar-refractivity contribution is 0.101. The molecule has 0 aromatic heterocycles. The average Bonchev–Trinajstić information content (AvgIpc) is 2.13. The first-order chi connectivity index (χ1) is 6.57. The van der Waals surface area contributed by atoms with Crippen molar-refractivity contribution in [2.45, 2.75) is 0 Å². The SMILES string of the molecule is CSCC(=O)c1c(Cl)ccc(F)c1F. The maximum Gasteiger partial charge on any atom is 0.177 e. The van der Waals surface area contributed by atoms with E-state index < -0.39 is 17.4 Å². The van der Waals surface area contributed by atoms with E-state index in [4.69, 9.17) is 11.6 Å². The van der Waals surface area contributed by atoms with Crippen molar-refractivity contribution >= 4 is 29.1 Å². The summed E-state index contributed by atoms with van der Waals surface area (Å²) in [6, 6.07) is 2.07. The van der Waals surface area contributed by atoms with Crippen LogP contribution in [0.25, 0.3) is 0 Å². The van der Waals surface area contributed by atoms with Gasteiger partial charge < -0.3 is 0 Å². The molecule has 0 aliphatic heterocycles. The number of benzene rings is 1. The first-order valence-electron chi connectivity index (χ1n) is 3.73. The molecule has 1 nitrogen and oxygen atoms in total. The lowest BCUT2D eigenvalue weighted by Crippen LogP contribution is -2.07. The highest BCUT2D eigenvalue weighted by Crippen LogP contribution is 2.22. The molecule has 0 unspecified atom stereocenters. The zero-order valence-corrected chi connectivity index (χ0v) is 8.88. The number of hydrogen-bond donors (Lipinski definition) is 0. The van der Waals surface area contributed by atoms with Gasteiger partial charge >= 0.3 is 0 Å². The van der Waals surface area contributed by atoms with Crippen LogP contribution in [-0.2, 0) is 0 Å². The van der Waals surface area contributed by atoms with Crippen LogP contribution in [-0.4, -0.2) is 17.8 Å². The van der Waals surface area contributed by atoms with Crippen LogP contribution >= 0.6 is 23.4 Å². The van der Waals surface area contributed by atoms with E-state index >= 15 is 0 Å². The second-order valence-electron chi connectivity index (χ2n) is 2.57. The fourth-order valence-corrected chi connectivity index (χ4v) is 1.64. The van der Waals surface area contributed by atoms with Gasteiger partial charge in [-0.1, -0.05) is 11.6 Å². The molecule has 1 aromatic rings. The number of carbonyl (C=O) groups is 1. The Hall–Kier alpha value is -0.610. The molecule has 14 heavy (non-hydrogen) atoms. The number of thioether (sulfide) groups is 1. The summed E-state index contributed by atoms with van der Waals surface area (Å²) in [7, 11) is 0. The van der Waals surface area contributed by atoms with Crippen molar-refractivity contribution in [1.29, 1.82) is 0 Å². The number of carbonyl (C=O) groups excluding carboxylic acids is 1. The molecule has 0 spiro atoms. The quantitative estimate of drug-likeness (QED) is 0.592. The second-order valence-corrected chi connectivity index (χ2v) is 3.85. The van der Waals surface area contributed by atoms with E-state index in [0.29, 0.717) is 0 Å². The highest BCUT2D eigenvalue weighted by molar-refractivity contribution is 7.99. The van der Waals surface area contributed by atoms with E-state index in [-0.39, 0.29) is 16.3 Å². The average molecular weight is 237 g/mol. The molecule has 0 aliphatic rings. The molecular weight excluding hydrogens is 230 g/mol. The molecule has 1 aromatic carbocycles. The van der Waals surface area contributed by atoms with Crippen molar-refractivity contribution in [1.82, 2.24) is 0 Å². The second kappa shape index (κ2) is 4.75. The van der Waals surface area contributed by atoms with Crippen molar-refractivity contribution in [2.75, 3.05) is 12.0 Å². The minimum absolute atomic E-state index is 0.0528. The maximum atomic E-state index is 13.1. The molecule has 0 fully saturated rings. The first-order valence-corrected chi connectivity index (χ1v) is 5.50. The predicted octanol–water partition coefficient (Wildman–Crippen LogP) is 3.16. The van der Waals surface area contributed by atoms with Gasteiger partial charge in [0.2, 0.25) is 0 Å². The molecule has 0 bridgehead atoms. The zero-order valence-electron chi connectivity index (χ0n) is 7.31. The topological polar surface area (TPSA) is 17.1 Å². The van der Waals surface area contributed by atoms with Gasteiger partial charge in [0.05, 0.1) is 16.3 Å². The van der Waals surface area contributed by atoms with Crippen molar-refractivity contribution in [3.05, 3.63) is 34.4 Å². The minimum Gasteiger partial charge on any atom is -0.293 e. The Balaban J connectivity index is 3.18. The molecule has 76 valence electrons. The smallest absolute Gasteiger partial charge is 0.177 e. The molecular formula is C9H7ClF2OS. The Morgan fingerprint density at radius 1 is 1.50 bits per heavy atom. The summed E-state index contributed by atoms with van der Waals surface area (Å²) in [4.78, 5) is 11.3. The Kier molecular flexibility index (Phi) is 3.89. The fraction of sp³-hybridized carbons (Fsp3) is 0.222. The molecule has 0 atom stereocenters. The van der Waals surface area contributed by atoms with Crippen molar-refractivity contribution in [3.8, 4) is 0 Å². The van der Waals surface area contributed by atoms with Gasteiger partial charge in [0.1, 0.15) is 0 Å². The highest BCUT2D eigenvalue weighted by atomic mass is 35.5. The minimum atomic E-state index is -1.17. The normalized spacial score (nSPS) is 10.3. The monoisotopic (exact) mass is 236 g/mol. The molecule has 5 heteroatoms. The number of halogens is 3.